The molecule has 7 heteroatoms. The predicted octanol–water partition coefficient (Wildman–Crippen LogP) is 4.06. The Morgan fingerprint density at radius 3 is 2.92 bits per heavy atom. The van der Waals surface area contributed by atoms with Crippen molar-refractivity contribution in [2.75, 3.05) is 12.8 Å². The number of aliphatic hydroxyl groups is 1. The summed E-state index contributed by atoms with van der Waals surface area (Å²) in [5.74, 6) is -0.221. The van der Waals surface area contributed by atoms with Gasteiger partial charge in [0.05, 0.1) is 5.56 Å². The molecule has 3 heterocycles. The third-order valence-electron chi connectivity index (χ3n) is 3.38. The number of hydrogen-bond donors (Lipinski definition) is 2. The summed E-state index contributed by atoms with van der Waals surface area (Å²) in [7, 11) is 0. The number of pyridine rings is 1. The summed E-state index contributed by atoms with van der Waals surface area (Å²) < 4.78 is 0. The van der Waals surface area contributed by atoms with E-state index in [1.54, 1.807) is 41.0 Å². The molecule has 1 unspecified atom stereocenters. The molecule has 3 aromatic rings. The first-order valence-corrected chi connectivity index (χ1v) is 10.2. The van der Waals surface area contributed by atoms with Gasteiger partial charge >= 0.3 is 0 Å². The van der Waals surface area contributed by atoms with E-state index in [9.17, 15) is 9.90 Å². The summed E-state index contributed by atoms with van der Waals surface area (Å²) in [6.07, 6.45) is 2.82. The molecule has 0 fully saturated rings. The van der Waals surface area contributed by atoms with Gasteiger partial charge in [0, 0.05) is 27.4 Å². The van der Waals surface area contributed by atoms with Crippen LogP contribution in [0.3, 0.4) is 0 Å². The minimum absolute atomic E-state index is 0.173. The van der Waals surface area contributed by atoms with Gasteiger partial charge in [0.15, 0.2) is 0 Å². The number of carbonyl (C=O) groups is 1. The van der Waals surface area contributed by atoms with Crippen molar-refractivity contribution in [2.45, 2.75) is 11.1 Å². The summed E-state index contributed by atoms with van der Waals surface area (Å²) in [5.41, 5.74) is 0.530. The number of carbonyl (C=O) groups excluding carboxylic acids is 1. The van der Waals surface area contributed by atoms with Crippen molar-refractivity contribution in [3.63, 3.8) is 0 Å². The number of aromatic nitrogens is 1. The zero-order valence-electron chi connectivity index (χ0n) is 12.9. The highest BCUT2D eigenvalue weighted by Crippen LogP contribution is 2.33. The second kappa shape index (κ2) is 7.94. The summed E-state index contributed by atoms with van der Waals surface area (Å²) in [5, 5.41) is 15.8. The molecular formula is C17H16N2O2S3. The quantitative estimate of drug-likeness (QED) is 0.637. The Balaban J connectivity index is 1.63. The zero-order valence-corrected chi connectivity index (χ0v) is 15.4. The van der Waals surface area contributed by atoms with Crippen LogP contribution in [0.4, 0.5) is 0 Å². The number of thioether (sulfide) groups is 1. The van der Waals surface area contributed by atoms with Crippen LogP contribution < -0.4 is 5.32 Å². The first kappa shape index (κ1) is 17.2. The number of nitrogens with one attached hydrogen (secondary N) is 1. The summed E-state index contributed by atoms with van der Waals surface area (Å²) in [6, 6.07) is 11.4. The molecule has 0 spiro atoms. The monoisotopic (exact) mass is 376 g/mol. The number of rotatable bonds is 6. The van der Waals surface area contributed by atoms with E-state index in [0.29, 0.717) is 10.6 Å². The highest BCUT2D eigenvalue weighted by molar-refractivity contribution is 7.98. The maximum absolute atomic E-state index is 12.3. The lowest BCUT2D eigenvalue weighted by molar-refractivity contribution is 0.0914. The molecule has 0 aliphatic carbocycles. The molecule has 3 aromatic heterocycles. The molecule has 24 heavy (non-hydrogen) atoms. The lowest BCUT2D eigenvalue weighted by atomic mass is 10.2. The van der Waals surface area contributed by atoms with Crippen LogP contribution in [0.15, 0.2) is 53.0 Å². The van der Waals surface area contributed by atoms with Crippen LogP contribution in [0, 0.1) is 0 Å². The molecule has 1 amide bonds. The summed E-state index contributed by atoms with van der Waals surface area (Å²) in [4.78, 5) is 19.6. The van der Waals surface area contributed by atoms with Gasteiger partial charge in [-0.25, -0.2) is 4.98 Å². The van der Waals surface area contributed by atoms with E-state index in [1.807, 2.05) is 29.8 Å². The van der Waals surface area contributed by atoms with Gasteiger partial charge in [-0.3, -0.25) is 4.79 Å². The second-order valence-corrected chi connectivity index (χ2v) is 7.82. The van der Waals surface area contributed by atoms with Crippen LogP contribution >= 0.6 is 34.4 Å². The summed E-state index contributed by atoms with van der Waals surface area (Å²) >= 11 is 4.64. The van der Waals surface area contributed by atoms with Gasteiger partial charge in [-0.2, -0.15) is 0 Å². The van der Waals surface area contributed by atoms with Crippen molar-refractivity contribution in [3.05, 3.63) is 58.4 Å². The fourth-order valence-electron chi connectivity index (χ4n) is 2.19. The first-order valence-electron chi connectivity index (χ1n) is 7.28. The summed E-state index contributed by atoms with van der Waals surface area (Å²) in [6.45, 7) is 0.173. The van der Waals surface area contributed by atoms with Gasteiger partial charge in [0.1, 0.15) is 11.1 Å². The molecule has 124 valence electrons. The topological polar surface area (TPSA) is 62.2 Å². The van der Waals surface area contributed by atoms with Crippen LogP contribution in [-0.2, 0) is 0 Å². The van der Waals surface area contributed by atoms with Crippen LogP contribution in [-0.4, -0.2) is 28.8 Å². The molecule has 0 saturated heterocycles. The van der Waals surface area contributed by atoms with E-state index in [4.69, 9.17) is 0 Å². The minimum atomic E-state index is -0.720. The molecule has 0 saturated carbocycles. The largest absolute Gasteiger partial charge is 0.386 e. The molecule has 3 rings (SSSR count). The Morgan fingerprint density at radius 1 is 1.29 bits per heavy atom. The first-order chi connectivity index (χ1) is 11.7. The Kier molecular flexibility index (Phi) is 5.68. The minimum Gasteiger partial charge on any atom is -0.386 e. The van der Waals surface area contributed by atoms with Crippen molar-refractivity contribution in [3.8, 4) is 9.75 Å². The standard InChI is InChI=1S/C17H16N2O2S3/c1-22-17-11(4-2-8-18-17)16(21)19-10-12(20)13-6-7-15(24-13)14-5-3-9-23-14/h2-9,12,20H,10H2,1H3,(H,19,21). The second-order valence-electron chi connectivity index (χ2n) is 4.97. The highest BCUT2D eigenvalue weighted by atomic mass is 32.2. The number of thiophene rings is 2. The van der Waals surface area contributed by atoms with Crippen molar-refractivity contribution in [1.82, 2.24) is 10.3 Å². The third kappa shape index (κ3) is 3.87. The lowest BCUT2D eigenvalue weighted by Gasteiger charge is -2.11. The number of hydrogen-bond acceptors (Lipinski definition) is 6. The van der Waals surface area contributed by atoms with E-state index >= 15 is 0 Å². The molecule has 0 aromatic carbocycles. The van der Waals surface area contributed by atoms with E-state index < -0.39 is 6.10 Å². The van der Waals surface area contributed by atoms with Gasteiger partial charge in [-0.05, 0) is 42.0 Å². The van der Waals surface area contributed by atoms with Crippen LogP contribution in [0.25, 0.3) is 9.75 Å². The van der Waals surface area contributed by atoms with Gasteiger partial charge in [-0.15, -0.1) is 34.4 Å². The fourth-order valence-corrected chi connectivity index (χ4v) is 4.57. The molecule has 0 aliphatic heterocycles. The molecular weight excluding hydrogens is 360 g/mol. The molecule has 0 bridgehead atoms. The van der Waals surface area contributed by atoms with E-state index in [0.717, 1.165) is 9.75 Å². The smallest absolute Gasteiger partial charge is 0.254 e. The highest BCUT2D eigenvalue weighted by Gasteiger charge is 2.16. The van der Waals surface area contributed by atoms with E-state index in [1.165, 1.54) is 16.6 Å². The maximum atomic E-state index is 12.3. The van der Waals surface area contributed by atoms with Gasteiger partial charge in [0.2, 0.25) is 0 Å². The third-order valence-corrected chi connectivity index (χ3v) is 6.35. The molecule has 0 radical (unpaired) electrons. The van der Waals surface area contributed by atoms with Crippen molar-refractivity contribution < 1.29 is 9.90 Å². The normalized spacial score (nSPS) is 12.1. The maximum Gasteiger partial charge on any atom is 0.254 e. The van der Waals surface area contributed by atoms with Crippen molar-refractivity contribution in [1.29, 1.82) is 0 Å². The average molecular weight is 377 g/mol. The van der Waals surface area contributed by atoms with E-state index in [2.05, 4.69) is 16.4 Å². The van der Waals surface area contributed by atoms with Crippen LogP contribution in [0.5, 0.6) is 0 Å². The Labute approximate surface area is 152 Å². The average Bonchev–Trinajstić information content (AvgIpc) is 3.30. The SMILES string of the molecule is CSc1ncccc1C(=O)NCC(O)c1ccc(-c2cccs2)s1. The molecule has 1 atom stereocenters. The van der Waals surface area contributed by atoms with Crippen LogP contribution in [0.1, 0.15) is 21.3 Å². The van der Waals surface area contributed by atoms with Crippen LogP contribution in [0.2, 0.25) is 0 Å². The molecule has 2 N–H and O–H groups in total. The Morgan fingerprint density at radius 2 is 2.17 bits per heavy atom. The Hall–Kier alpha value is -1.67. The Bertz CT molecular complexity index is 815. The zero-order chi connectivity index (χ0) is 16.9. The number of aliphatic hydroxyl groups excluding tert-OH is 1. The number of amides is 1. The van der Waals surface area contributed by atoms with Crippen molar-refractivity contribution in [2.24, 2.45) is 0 Å². The molecule has 0 aliphatic rings. The molecule has 4 nitrogen and oxygen atoms in total. The van der Waals surface area contributed by atoms with Gasteiger partial charge in [0.25, 0.3) is 5.91 Å². The van der Waals surface area contributed by atoms with Gasteiger partial charge in [-0.1, -0.05) is 6.07 Å². The van der Waals surface area contributed by atoms with Crippen molar-refractivity contribution >= 4 is 40.3 Å². The predicted molar refractivity (Wildman–Crippen MR) is 101 cm³/mol. The van der Waals surface area contributed by atoms with Gasteiger partial charge < -0.3 is 10.4 Å². The van der Waals surface area contributed by atoms with E-state index in [-0.39, 0.29) is 12.5 Å². The fraction of sp³-hybridized carbons (Fsp3) is 0.176. The number of nitrogens with zero attached hydrogens (tertiary/aromatic N) is 1. The lowest BCUT2D eigenvalue weighted by Crippen LogP contribution is -2.28.